The molecule has 0 heterocycles. The molecular weight excluding hydrogens is 390 g/mol. The number of carbonyl (C=O) groups is 1. The average Bonchev–Trinajstić information content (AvgIpc) is 2.57. The molecule has 0 aromatic heterocycles. The first-order valence-corrected chi connectivity index (χ1v) is 9.66. The minimum absolute atomic E-state index is 0.00489. The largest absolute Gasteiger partial charge is 0.484 e. The van der Waals surface area contributed by atoms with Crippen LogP contribution < -0.4 is 10.1 Å². The van der Waals surface area contributed by atoms with Gasteiger partial charge in [0.1, 0.15) is 5.75 Å². The van der Waals surface area contributed by atoms with Crippen LogP contribution in [0.2, 0.25) is 0 Å². The van der Waals surface area contributed by atoms with Gasteiger partial charge in [-0.1, -0.05) is 61.0 Å². The van der Waals surface area contributed by atoms with E-state index < -0.39 is 0 Å². The first-order chi connectivity index (χ1) is 12.1. The summed E-state index contributed by atoms with van der Waals surface area (Å²) < 4.78 is 6.72. The smallest absolute Gasteiger partial charge is 0.258 e. The second kappa shape index (κ2) is 8.26. The van der Waals surface area contributed by atoms with Crippen molar-refractivity contribution < 1.29 is 9.53 Å². The molecule has 1 N–H and O–H groups in total. The third-order valence-corrected chi connectivity index (χ3v) is 5.68. The average molecular weight is 418 g/mol. The molecule has 2 aromatic rings. The van der Waals surface area contributed by atoms with Crippen molar-refractivity contribution in [1.82, 2.24) is 5.32 Å². The Hall–Kier alpha value is -1.81. The number of benzene rings is 2. The Balaban J connectivity index is 1.93. The van der Waals surface area contributed by atoms with Crippen molar-refractivity contribution in [3.8, 4) is 5.75 Å². The van der Waals surface area contributed by atoms with E-state index in [2.05, 4.69) is 66.3 Å². The highest BCUT2D eigenvalue weighted by Gasteiger charge is 2.15. The highest BCUT2D eigenvalue weighted by atomic mass is 79.9. The van der Waals surface area contributed by atoms with E-state index in [1.54, 1.807) is 0 Å². The summed E-state index contributed by atoms with van der Waals surface area (Å²) in [6.07, 6.45) is 0. The number of halogens is 1. The zero-order valence-corrected chi connectivity index (χ0v) is 18.0. The second-order valence-electron chi connectivity index (χ2n) is 7.82. The molecule has 3 nitrogen and oxygen atoms in total. The fourth-order valence-electron chi connectivity index (χ4n) is 2.78. The van der Waals surface area contributed by atoms with Gasteiger partial charge in [-0.3, -0.25) is 4.79 Å². The number of rotatable bonds is 5. The Morgan fingerprint density at radius 2 is 1.65 bits per heavy atom. The van der Waals surface area contributed by atoms with Crippen LogP contribution in [0, 0.1) is 13.8 Å². The van der Waals surface area contributed by atoms with Gasteiger partial charge in [0, 0.05) is 4.47 Å². The van der Waals surface area contributed by atoms with Crippen LogP contribution in [0.1, 0.15) is 56.0 Å². The van der Waals surface area contributed by atoms with E-state index in [1.165, 1.54) is 5.56 Å². The normalized spacial score (nSPS) is 12.6. The summed E-state index contributed by atoms with van der Waals surface area (Å²) in [6, 6.07) is 12.2. The number of hydrogen-bond acceptors (Lipinski definition) is 2. The van der Waals surface area contributed by atoms with Crippen LogP contribution in [0.3, 0.4) is 0 Å². The van der Waals surface area contributed by atoms with E-state index in [9.17, 15) is 4.79 Å². The van der Waals surface area contributed by atoms with Gasteiger partial charge in [0.25, 0.3) is 5.91 Å². The molecule has 4 heteroatoms. The Morgan fingerprint density at radius 1 is 1.12 bits per heavy atom. The fraction of sp³-hybridized carbons (Fsp3) is 0.409. The van der Waals surface area contributed by atoms with Crippen LogP contribution in [0.5, 0.6) is 5.75 Å². The molecule has 140 valence electrons. The Labute approximate surface area is 165 Å². The quantitative estimate of drug-likeness (QED) is 0.685. The van der Waals surface area contributed by atoms with Gasteiger partial charge in [0.15, 0.2) is 6.61 Å². The Bertz CT molecular complexity index is 753. The molecule has 0 aliphatic carbocycles. The van der Waals surface area contributed by atoms with Crippen molar-refractivity contribution in [2.45, 2.75) is 53.0 Å². The lowest BCUT2D eigenvalue weighted by molar-refractivity contribution is -0.123. The molecule has 0 aliphatic heterocycles. The summed E-state index contributed by atoms with van der Waals surface area (Å²) in [5.41, 5.74) is 4.67. The maximum absolute atomic E-state index is 12.2. The van der Waals surface area contributed by atoms with Crippen LogP contribution in [0.15, 0.2) is 40.9 Å². The first-order valence-electron chi connectivity index (χ1n) is 8.87. The van der Waals surface area contributed by atoms with Crippen LogP contribution in [0.25, 0.3) is 0 Å². The number of hydrogen-bond donors (Lipinski definition) is 1. The molecule has 0 bridgehead atoms. The standard InChI is InChI=1S/C22H28BrNO2/c1-14-11-19(12-15(2)21(14)23)26-13-20(25)24-16(3)17-7-9-18(10-8-17)22(4,5)6/h7-12,16H,13H2,1-6H3,(H,24,25). The zero-order valence-electron chi connectivity index (χ0n) is 16.4. The third-order valence-electron chi connectivity index (χ3n) is 4.43. The minimum Gasteiger partial charge on any atom is -0.484 e. The van der Waals surface area contributed by atoms with Gasteiger partial charge < -0.3 is 10.1 Å². The van der Waals surface area contributed by atoms with E-state index in [0.717, 1.165) is 21.2 Å². The van der Waals surface area contributed by atoms with Crippen molar-refractivity contribution in [3.63, 3.8) is 0 Å². The number of amides is 1. The molecule has 2 aromatic carbocycles. The molecule has 0 spiro atoms. The third kappa shape index (κ3) is 5.34. The summed E-state index contributed by atoms with van der Waals surface area (Å²) >= 11 is 3.53. The maximum atomic E-state index is 12.2. The summed E-state index contributed by atoms with van der Waals surface area (Å²) in [6.45, 7) is 12.6. The van der Waals surface area contributed by atoms with E-state index in [-0.39, 0.29) is 24.0 Å². The number of aryl methyl sites for hydroxylation is 2. The molecular formula is C22H28BrNO2. The van der Waals surface area contributed by atoms with Crippen molar-refractivity contribution in [3.05, 3.63) is 63.1 Å². The van der Waals surface area contributed by atoms with Crippen molar-refractivity contribution >= 4 is 21.8 Å². The summed E-state index contributed by atoms with van der Waals surface area (Å²) in [7, 11) is 0. The lowest BCUT2D eigenvalue weighted by atomic mass is 9.86. The molecule has 0 radical (unpaired) electrons. The zero-order chi connectivity index (χ0) is 19.5. The van der Waals surface area contributed by atoms with Gasteiger partial charge in [-0.2, -0.15) is 0 Å². The topological polar surface area (TPSA) is 38.3 Å². The minimum atomic E-state index is -0.129. The van der Waals surface area contributed by atoms with Crippen LogP contribution in [-0.4, -0.2) is 12.5 Å². The fourth-order valence-corrected chi connectivity index (χ4v) is 3.01. The van der Waals surface area contributed by atoms with Crippen LogP contribution in [-0.2, 0) is 10.2 Å². The number of carbonyl (C=O) groups excluding carboxylic acids is 1. The van der Waals surface area contributed by atoms with Crippen LogP contribution in [0.4, 0.5) is 0 Å². The summed E-state index contributed by atoms with van der Waals surface area (Å²) in [5, 5.41) is 2.99. The highest BCUT2D eigenvalue weighted by molar-refractivity contribution is 9.10. The van der Waals surface area contributed by atoms with Crippen molar-refractivity contribution in [1.29, 1.82) is 0 Å². The van der Waals surface area contributed by atoms with Gasteiger partial charge in [0.2, 0.25) is 0 Å². The van der Waals surface area contributed by atoms with Crippen molar-refractivity contribution in [2.24, 2.45) is 0 Å². The molecule has 1 atom stereocenters. The molecule has 0 aliphatic rings. The predicted octanol–water partition coefficient (Wildman–Crippen LogP) is 5.62. The predicted molar refractivity (Wildman–Crippen MR) is 111 cm³/mol. The van der Waals surface area contributed by atoms with E-state index >= 15 is 0 Å². The molecule has 1 amide bonds. The summed E-state index contributed by atoms with van der Waals surface area (Å²) in [4.78, 5) is 12.2. The van der Waals surface area contributed by atoms with E-state index in [0.29, 0.717) is 5.75 Å². The number of ether oxygens (including phenoxy) is 1. The summed E-state index contributed by atoms with van der Waals surface area (Å²) in [5.74, 6) is 0.580. The molecule has 0 fully saturated rings. The van der Waals surface area contributed by atoms with E-state index in [4.69, 9.17) is 4.74 Å². The molecule has 0 saturated carbocycles. The van der Waals surface area contributed by atoms with E-state index in [1.807, 2.05) is 32.9 Å². The Kier molecular flexibility index (Phi) is 6.51. The van der Waals surface area contributed by atoms with Crippen LogP contribution >= 0.6 is 15.9 Å². The number of nitrogens with one attached hydrogen (secondary N) is 1. The van der Waals surface area contributed by atoms with Gasteiger partial charge >= 0.3 is 0 Å². The lowest BCUT2D eigenvalue weighted by Crippen LogP contribution is -2.31. The highest BCUT2D eigenvalue weighted by Crippen LogP contribution is 2.26. The van der Waals surface area contributed by atoms with Gasteiger partial charge in [-0.25, -0.2) is 0 Å². The monoisotopic (exact) mass is 417 g/mol. The molecule has 2 rings (SSSR count). The van der Waals surface area contributed by atoms with Gasteiger partial charge in [-0.05, 0) is 60.6 Å². The van der Waals surface area contributed by atoms with Gasteiger partial charge in [-0.15, -0.1) is 0 Å². The maximum Gasteiger partial charge on any atom is 0.258 e. The first kappa shape index (κ1) is 20.5. The lowest BCUT2D eigenvalue weighted by Gasteiger charge is -2.21. The SMILES string of the molecule is Cc1cc(OCC(=O)NC(C)c2ccc(C(C)(C)C)cc2)cc(C)c1Br. The van der Waals surface area contributed by atoms with Gasteiger partial charge in [0.05, 0.1) is 6.04 Å². The molecule has 0 saturated heterocycles. The molecule has 26 heavy (non-hydrogen) atoms. The Morgan fingerprint density at radius 3 is 2.15 bits per heavy atom. The second-order valence-corrected chi connectivity index (χ2v) is 8.61. The molecule has 1 unspecified atom stereocenters. The van der Waals surface area contributed by atoms with Crippen molar-refractivity contribution in [2.75, 3.05) is 6.61 Å².